The highest BCUT2D eigenvalue weighted by Crippen LogP contribution is 2.27. The van der Waals surface area contributed by atoms with E-state index in [0.717, 1.165) is 17.5 Å². The Kier molecular flexibility index (Phi) is 3.84. The molecular formula is C18H20O. The third-order valence-electron chi connectivity index (χ3n) is 3.75. The predicted molar refractivity (Wildman–Crippen MR) is 80.3 cm³/mol. The largest absolute Gasteiger partial charge is 0.294 e. The van der Waals surface area contributed by atoms with Gasteiger partial charge >= 0.3 is 0 Å². The molecule has 0 spiro atoms. The van der Waals surface area contributed by atoms with Crippen molar-refractivity contribution in [2.75, 3.05) is 0 Å². The quantitative estimate of drug-likeness (QED) is 0.702. The van der Waals surface area contributed by atoms with Gasteiger partial charge in [0.25, 0.3) is 0 Å². The van der Waals surface area contributed by atoms with Crippen LogP contribution in [0, 0.1) is 5.41 Å². The number of carbonyl (C=O) groups excluding carboxylic acids is 1. The van der Waals surface area contributed by atoms with Gasteiger partial charge in [-0.1, -0.05) is 75.4 Å². The number of hydrogen-bond acceptors (Lipinski definition) is 1. The fourth-order valence-electron chi connectivity index (χ4n) is 2.00. The summed E-state index contributed by atoms with van der Waals surface area (Å²) in [4.78, 5) is 12.3. The summed E-state index contributed by atoms with van der Waals surface area (Å²) in [6.45, 7) is 6.05. The molecule has 19 heavy (non-hydrogen) atoms. The van der Waals surface area contributed by atoms with Gasteiger partial charge in [-0.2, -0.15) is 0 Å². The number of rotatable bonds is 4. The molecular weight excluding hydrogens is 232 g/mol. The van der Waals surface area contributed by atoms with Crippen LogP contribution in [-0.2, 0) is 0 Å². The van der Waals surface area contributed by atoms with E-state index in [1.54, 1.807) is 0 Å². The lowest BCUT2D eigenvalue weighted by atomic mass is 9.82. The molecule has 0 saturated carbocycles. The molecule has 0 radical (unpaired) electrons. The van der Waals surface area contributed by atoms with Gasteiger partial charge < -0.3 is 0 Å². The van der Waals surface area contributed by atoms with Crippen molar-refractivity contribution in [1.82, 2.24) is 0 Å². The summed E-state index contributed by atoms with van der Waals surface area (Å²) in [5.41, 5.74) is 2.84. The van der Waals surface area contributed by atoms with E-state index in [4.69, 9.17) is 0 Å². The van der Waals surface area contributed by atoms with Crippen molar-refractivity contribution in [3.05, 3.63) is 60.2 Å². The van der Waals surface area contributed by atoms with Gasteiger partial charge in [0.15, 0.2) is 5.78 Å². The second-order valence-corrected chi connectivity index (χ2v) is 5.51. The molecule has 0 N–H and O–H groups in total. The van der Waals surface area contributed by atoms with Gasteiger partial charge in [-0.3, -0.25) is 4.79 Å². The highest BCUT2D eigenvalue weighted by Gasteiger charge is 2.26. The van der Waals surface area contributed by atoms with Crippen molar-refractivity contribution in [1.29, 1.82) is 0 Å². The summed E-state index contributed by atoms with van der Waals surface area (Å²) in [6, 6.07) is 18.1. The number of carbonyl (C=O) groups is 1. The molecule has 1 heteroatoms. The molecule has 1 nitrogen and oxygen atoms in total. The number of Topliss-reactive ketones (excluding diaryl/α,β-unsaturated/α-hetero) is 1. The van der Waals surface area contributed by atoms with E-state index < -0.39 is 0 Å². The molecule has 0 atom stereocenters. The molecule has 98 valence electrons. The smallest absolute Gasteiger partial charge is 0.168 e. The maximum atomic E-state index is 12.3. The number of hydrogen-bond donors (Lipinski definition) is 0. The minimum atomic E-state index is -0.283. The predicted octanol–water partition coefficient (Wildman–Crippen LogP) is 4.97. The lowest BCUT2D eigenvalue weighted by molar-refractivity contribution is 0.0833. The zero-order chi connectivity index (χ0) is 13.9. The van der Waals surface area contributed by atoms with Gasteiger partial charge in [-0.15, -0.1) is 0 Å². The van der Waals surface area contributed by atoms with Crippen LogP contribution < -0.4 is 0 Å². The third kappa shape index (κ3) is 2.93. The highest BCUT2D eigenvalue weighted by molar-refractivity contribution is 6.00. The van der Waals surface area contributed by atoms with Gasteiger partial charge in [0.1, 0.15) is 0 Å². The maximum Gasteiger partial charge on any atom is 0.168 e. The normalized spacial score (nSPS) is 11.3. The fourth-order valence-corrected chi connectivity index (χ4v) is 2.00. The lowest BCUT2D eigenvalue weighted by Crippen LogP contribution is -2.23. The molecule has 0 unspecified atom stereocenters. The van der Waals surface area contributed by atoms with Gasteiger partial charge in [0.05, 0.1) is 0 Å². The first-order valence-corrected chi connectivity index (χ1v) is 6.75. The summed E-state index contributed by atoms with van der Waals surface area (Å²) in [5.74, 6) is 0.217. The third-order valence-corrected chi connectivity index (χ3v) is 3.75. The minimum Gasteiger partial charge on any atom is -0.294 e. The van der Waals surface area contributed by atoms with Crippen LogP contribution in [0.3, 0.4) is 0 Å². The van der Waals surface area contributed by atoms with Crippen LogP contribution in [0.2, 0.25) is 0 Å². The van der Waals surface area contributed by atoms with Gasteiger partial charge in [-0.05, 0) is 17.5 Å². The topological polar surface area (TPSA) is 17.1 Å². The Hall–Kier alpha value is -1.89. The average Bonchev–Trinajstić information content (AvgIpc) is 2.47. The number of benzene rings is 2. The van der Waals surface area contributed by atoms with Gasteiger partial charge in [0, 0.05) is 11.0 Å². The Bertz CT molecular complexity index is 550. The van der Waals surface area contributed by atoms with E-state index in [9.17, 15) is 4.79 Å². The summed E-state index contributed by atoms with van der Waals surface area (Å²) < 4.78 is 0. The second-order valence-electron chi connectivity index (χ2n) is 5.51. The van der Waals surface area contributed by atoms with Crippen molar-refractivity contribution in [2.45, 2.75) is 27.2 Å². The molecule has 0 aliphatic carbocycles. The fraction of sp³-hybridized carbons (Fsp3) is 0.278. The molecule has 0 saturated heterocycles. The Morgan fingerprint density at radius 2 is 1.42 bits per heavy atom. The van der Waals surface area contributed by atoms with Crippen LogP contribution in [0.5, 0.6) is 0 Å². The molecule has 0 bridgehead atoms. The van der Waals surface area contributed by atoms with Crippen LogP contribution in [-0.4, -0.2) is 5.78 Å². The van der Waals surface area contributed by atoms with Crippen LogP contribution in [0.15, 0.2) is 54.6 Å². The van der Waals surface area contributed by atoms with Gasteiger partial charge in [0.2, 0.25) is 0 Å². The molecule has 2 aromatic rings. The summed E-state index contributed by atoms with van der Waals surface area (Å²) in [7, 11) is 0. The Balaban J connectivity index is 2.27. The van der Waals surface area contributed by atoms with Crippen molar-refractivity contribution in [3.63, 3.8) is 0 Å². The van der Waals surface area contributed by atoms with Crippen molar-refractivity contribution >= 4 is 5.78 Å². The van der Waals surface area contributed by atoms with E-state index in [2.05, 4.69) is 19.1 Å². The molecule has 0 fully saturated rings. The zero-order valence-electron chi connectivity index (χ0n) is 11.8. The van der Waals surface area contributed by atoms with Crippen LogP contribution >= 0.6 is 0 Å². The SMILES string of the molecule is CCC(C)(C)C(=O)c1ccc(-c2ccccc2)cc1. The minimum absolute atomic E-state index is 0.217. The lowest BCUT2D eigenvalue weighted by Gasteiger charge is -2.20. The van der Waals surface area contributed by atoms with E-state index in [1.807, 2.05) is 56.3 Å². The molecule has 2 aromatic carbocycles. The zero-order valence-corrected chi connectivity index (χ0v) is 11.8. The van der Waals surface area contributed by atoms with E-state index >= 15 is 0 Å². The summed E-state index contributed by atoms with van der Waals surface area (Å²) in [6.07, 6.45) is 0.853. The first-order valence-electron chi connectivity index (χ1n) is 6.75. The molecule has 0 aliphatic rings. The maximum absolute atomic E-state index is 12.3. The standard InChI is InChI=1S/C18H20O/c1-4-18(2,3)17(19)16-12-10-15(11-13-16)14-8-6-5-7-9-14/h5-13H,4H2,1-3H3. The van der Waals surface area contributed by atoms with Crippen molar-refractivity contribution in [2.24, 2.45) is 5.41 Å². The van der Waals surface area contributed by atoms with Crippen molar-refractivity contribution < 1.29 is 4.79 Å². The Morgan fingerprint density at radius 3 is 1.95 bits per heavy atom. The summed E-state index contributed by atoms with van der Waals surface area (Å²) >= 11 is 0. The van der Waals surface area contributed by atoms with Crippen LogP contribution in [0.1, 0.15) is 37.6 Å². The highest BCUT2D eigenvalue weighted by atomic mass is 16.1. The van der Waals surface area contributed by atoms with Crippen LogP contribution in [0.25, 0.3) is 11.1 Å². The Morgan fingerprint density at radius 1 is 0.895 bits per heavy atom. The van der Waals surface area contributed by atoms with E-state index in [1.165, 1.54) is 5.56 Å². The second kappa shape index (κ2) is 5.40. The molecule has 2 rings (SSSR count). The van der Waals surface area contributed by atoms with E-state index in [-0.39, 0.29) is 11.2 Å². The number of ketones is 1. The monoisotopic (exact) mass is 252 g/mol. The van der Waals surface area contributed by atoms with Crippen molar-refractivity contribution in [3.8, 4) is 11.1 Å². The average molecular weight is 252 g/mol. The molecule has 0 aliphatic heterocycles. The van der Waals surface area contributed by atoms with Gasteiger partial charge in [-0.25, -0.2) is 0 Å². The molecule has 0 heterocycles. The summed E-state index contributed by atoms with van der Waals surface area (Å²) in [5, 5.41) is 0. The Labute approximate surface area is 115 Å². The first-order chi connectivity index (χ1) is 9.04. The molecule has 0 aromatic heterocycles. The first kappa shape index (κ1) is 13.5. The molecule has 0 amide bonds. The van der Waals surface area contributed by atoms with Crippen LogP contribution in [0.4, 0.5) is 0 Å². The van der Waals surface area contributed by atoms with E-state index in [0.29, 0.717) is 0 Å².